The highest BCUT2D eigenvalue weighted by Gasteiger charge is 2.25. The summed E-state index contributed by atoms with van der Waals surface area (Å²) in [5.41, 5.74) is 4.21. The van der Waals surface area contributed by atoms with Gasteiger partial charge in [-0.05, 0) is 49.1 Å². The molecular formula is C22H20Cl2N4. The normalized spacial score (nSPS) is 14.1. The summed E-state index contributed by atoms with van der Waals surface area (Å²) in [5, 5.41) is 3.48. The first kappa shape index (κ1) is 17.8. The van der Waals surface area contributed by atoms with Crippen LogP contribution in [0.4, 0.5) is 5.82 Å². The van der Waals surface area contributed by atoms with Crippen molar-refractivity contribution in [3.05, 3.63) is 52.9 Å². The van der Waals surface area contributed by atoms with E-state index in [0.29, 0.717) is 10.2 Å². The van der Waals surface area contributed by atoms with Gasteiger partial charge in [0.05, 0.1) is 17.2 Å². The summed E-state index contributed by atoms with van der Waals surface area (Å²) in [6.07, 6.45) is 6.35. The van der Waals surface area contributed by atoms with Crippen molar-refractivity contribution in [2.45, 2.75) is 19.4 Å². The molecule has 1 aliphatic carbocycles. The van der Waals surface area contributed by atoms with Crippen LogP contribution in [0.25, 0.3) is 32.9 Å². The maximum absolute atomic E-state index is 6.63. The minimum Gasteiger partial charge on any atom is -0.363 e. The maximum atomic E-state index is 6.63. The summed E-state index contributed by atoms with van der Waals surface area (Å²) in [7, 11) is 3.91. The number of hydrogen-bond acceptors (Lipinski definition) is 3. The first-order chi connectivity index (χ1) is 13.5. The van der Waals surface area contributed by atoms with E-state index in [-0.39, 0.29) is 0 Å². The fourth-order valence-corrected chi connectivity index (χ4v) is 4.34. The van der Waals surface area contributed by atoms with Gasteiger partial charge in [-0.25, -0.2) is 4.98 Å². The van der Waals surface area contributed by atoms with Crippen LogP contribution >= 0.6 is 23.2 Å². The molecule has 0 aliphatic heterocycles. The van der Waals surface area contributed by atoms with Gasteiger partial charge in [0.25, 0.3) is 0 Å². The number of pyridine rings is 2. The van der Waals surface area contributed by atoms with Crippen molar-refractivity contribution in [1.29, 1.82) is 0 Å². The standard InChI is InChI=1S/C22H20Cl2N4/c1-27(2)20-6-5-16(22(24)26-20)18-10-14(23)9-17-15-7-8-25-11-19(15)28(21(17)18)12-13-3-4-13/h5-11,13H,3-4,12H2,1-2H3. The lowest BCUT2D eigenvalue weighted by molar-refractivity contribution is 0.664. The summed E-state index contributed by atoms with van der Waals surface area (Å²) in [5.74, 6) is 1.56. The fraction of sp³-hybridized carbons (Fsp3) is 0.273. The van der Waals surface area contributed by atoms with Gasteiger partial charge in [-0.1, -0.05) is 23.2 Å². The summed E-state index contributed by atoms with van der Waals surface area (Å²) in [6, 6.07) is 10.1. The second-order valence-corrected chi connectivity index (χ2v) is 8.49. The molecule has 0 unspecified atom stereocenters. The molecule has 1 saturated carbocycles. The number of rotatable bonds is 4. The lowest BCUT2D eigenvalue weighted by atomic mass is 10.0. The molecule has 4 nitrogen and oxygen atoms in total. The quantitative estimate of drug-likeness (QED) is 0.384. The molecule has 4 aromatic rings. The molecule has 0 atom stereocenters. The van der Waals surface area contributed by atoms with Crippen molar-refractivity contribution >= 4 is 50.8 Å². The minimum absolute atomic E-state index is 0.483. The van der Waals surface area contributed by atoms with Crippen LogP contribution in [-0.4, -0.2) is 28.6 Å². The first-order valence-corrected chi connectivity index (χ1v) is 10.2. The molecule has 28 heavy (non-hydrogen) atoms. The third-order valence-corrected chi connectivity index (χ3v) is 5.95. The molecule has 0 N–H and O–H groups in total. The second-order valence-electron chi connectivity index (χ2n) is 7.70. The Kier molecular flexibility index (Phi) is 4.22. The van der Waals surface area contributed by atoms with Crippen molar-refractivity contribution in [3.8, 4) is 11.1 Å². The van der Waals surface area contributed by atoms with Gasteiger partial charge < -0.3 is 9.47 Å². The van der Waals surface area contributed by atoms with Crippen LogP contribution in [0.3, 0.4) is 0 Å². The molecule has 1 aromatic carbocycles. The van der Waals surface area contributed by atoms with Gasteiger partial charge in [0.2, 0.25) is 0 Å². The lowest BCUT2D eigenvalue weighted by Crippen LogP contribution is -2.10. The zero-order valence-corrected chi connectivity index (χ0v) is 17.3. The number of anilines is 1. The molecule has 0 saturated heterocycles. The van der Waals surface area contributed by atoms with Crippen LogP contribution < -0.4 is 4.90 Å². The van der Waals surface area contributed by atoms with E-state index in [2.05, 4.69) is 20.6 Å². The highest BCUT2D eigenvalue weighted by Crippen LogP contribution is 2.42. The SMILES string of the molecule is CN(C)c1ccc(-c2cc(Cl)cc3c4ccncc4n(CC4CC4)c23)c(Cl)n1. The van der Waals surface area contributed by atoms with Crippen LogP contribution in [0.1, 0.15) is 12.8 Å². The monoisotopic (exact) mass is 410 g/mol. The third kappa shape index (κ3) is 2.92. The number of halogens is 2. The Bertz CT molecular complexity index is 1210. The number of nitrogens with zero attached hydrogens (tertiary/aromatic N) is 4. The van der Waals surface area contributed by atoms with Crippen LogP contribution in [0.5, 0.6) is 0 Å². The second kappa shape index (κ2) is 6.64. The molecule has 142 valence electrons. The number of hydrogen-bond donors (Lipinski definition) is 0. The van der Waals surface area contributed by atoms with E-state index in [4.69, 9.17) is 23.2 Å². The molecule has 0 spiro atoms. The van der Waals surface area contributed by atoms with Gasteiger partial charge in [-0.3, -0.25) is 4.98 Å². The number of aromatic nitrogens is 3. The Morgan fingerprint density at radius 1 is 1.07 bits per heavy atom. The Balaban J connectivity index is 1.84. The summed E-state index contributed by atoms with van der Waals surface area (Å²) in [4.78, 5) is 10.9. The summed E-state index contributed by atoms with van der Waals surface area (Å²) >= 11 is 13.2. The van der Waals surface area contributed by atoms with E-state index in [1.54, 1.807) is 0 Å². The Hall–Kier alpha value is -2.30. The van der Waals surface area contributed by atoms with Gasteiger partial charge in [0.15, 0.2) is 0 Å². The molecule has 3 heterocycles. The molecular weight excluding hydrogens is 391 g/mol. The molecule has 0 radical (unpaired) electrons. The zero-order valence-electron chi connectivity index (χ0n) is 15.8. The van der Waals surface area contributed by atoms with E-state index in [9.17, 15) is 0 Å². The van der Waals surface area contributed by atoms with E-state index in [1.165, 1.54) is 18.2 Å². The molecule has 5 rings (SSSR count). The first-order valence-electron chi connectivity index (χ1n) is 9.42. The van der Waals surface area contributed by atoms with Crippen molar-refractivity contribution in [3.63, 3.8) is 0 Å². The predicted octanol–water partition coefficient (Wildman–Crippen LogP) is 6.03. The van der Waals surface area contributed by atoms with Crippen molar-refractivity contribution in [2.75, 3.05) is 19.0 Å². The highest BCUT2D eigenvalue weighted by atomic mass is 35.5. The van der Waals surface area contributed by atoms with Crippen molar-refractivity contribution < 1.29 is 0 Å². The van der Waals surface area contributed by atoms with E-state index in [1.807, 2.05) is 55.7 Å². The lowest BCUT2D eigenvalue weighted by Gasteiger charge is -2.15. The topological polar surface area (TPSA) is 34.0 Å². The highest BCUT2D eigenvalue weighted by molar-refractivity contribution is 6.34. The van der Waals surface area contributed by atoms with Crippen LogP contribution in [0.2, 0.25) is 10.2 Å². The Morgan fingerprint density at radius 2 is 1.89 bits per heavy atom. The molecule has 6 heteroatoms. The zero-order chi connectivity index (χ0) is 19.4. The fourth-order valence-electron chi connectivity index (χ4n) is 3.87. The van der Waals surface area contributed by atoms with Crippen molar-refractivity contribution in [2.24, 2.45) is 5.92 Å². The maximum Gasteiger partial charge on any atom is 0.139 e. The van der Waals surface area contributed by atoms with Crippen molar-refractivity contribution in [1.82, 2.24) is 14.5 Å². The smallest absolute Gasteiger partial charge is 0.139 e. The largest absolute Gasteiger partial charge is 0.363 e. The molecule has 1 aliphatic rings. The van der Waals surface area contributed by atoms with Crippen LogP contribution in [0.15, 0.2) is 42.7 Å². The average Bonchev–Trinajstić information content (AvgIpc) is 3.44. The van der Waals surface area contributed by atoms with E-state index >= 15 is 0 Å². The number of benzene rings is 1. The van der Waals surface area contributed by atoms with Crippen LogP contribution in [0, 0.1) is 5.92 Å². The minimum atomic E-state index is 0.483. The van der Waals surface area contributed by atoms with Gasteiger partial charge in [0.1, 0.15) is 11.0 Å². The third-order valence-electron chi connectivity index (χ3n) is 5.45. The van der Waals surface area contributed by atoms with Gasteiger partial charge in [0, 0.05) is 53.8 Å². The molecule has 0 bridgehead atoms. The van der Waals surface area contributed by atoms with Gasteiger partial charge >= 0.3 is 0 Å². The summed E-state index contributed by atoms with van der Waals surface area (Å²) < 4.78 is 2.39. The van der Waals surface area contributed by atoms with E-state index in [0.717, 1.165) is 45.8 Å². The van der Waals surface area contributed by atoms with Gasteiger partial charge in [-0.2, -0.15) is 0 Å². The van der Waals surface area contributed by atoms with E-state index < -0.39 is 0 Å². The predicted molar refractivity (Wildman–Crippen MR) is 118 cm³/mol. The Labute approximate surface area is 173 Å². The average molecular weight is 411 g/mol. The van der Waals surface area contributed by atoms with Crippen LogP contribution in [-0.2, 0) is 6.54 Å². The number of fused-ring (bicyclic) bond motifs is 3. The van der Waals surface area contributed by atoms with Gasteiger partial charge in [-0.15, -0.1) is 0 Å². The molecule has 1 fully saturated rings. The molecule has 0 amide bonds. The Morgan fingerprint density at radius 3 is 2.61 bits per heavy atom. The summed E-state index contributed by atoms with van der Waals surface area (Å²) in [6.45, 7) is 0.987. The molecule has 3 aromatic heterocycles.